The predicted octanol–water partition coefficient (Wildman–Crippen LogP) is 4.27. The van der Waals surface area contributed by atoms with Crippen LogP contribution in [0.4, 0.5) is 28.0 Å². The van der Waals surface area contributed by atoms with Gasteiger partial charge < -0.3 is 19.9 Å². The molecule has 0 saturated heterocycles. The Morgan fingerprint density at radius 1 is 1.12 bits per heavy atom. The number of aromatic nitrogens is 1. The molecule has 34 heavy (non-hydrogen) atoms. The number of anilines is 1. The van der Waals surface area contributed by atoms with Crippen molar-refractivity contribution in [2.45, 2.75) is 25.6 Å². The number of rotatable bonds is 5. The molecule has 178 valence electrons. The van der Waals surface area contributed by atoms with Gasteiger partial charge in [0.25, 0.3) is 0 Å². The van der Waals surface area contributed by atoms with Crippen molar-refractivity contribution in [3.63, 3.8) is 0 Å². The zero-order valence-electron chi connectivity index (χ0n) is 17.9. The van der Waals surface area contributed by atoms with E-state index >= 15 is 0 Å². The molecule has 11 heteroatoms. The van der Waals surface area contributed by atoms with E-state index in [1.165, 1.54) is 13.8 Å². The van der Waals surface area contributed by atoms with Crippen molar-refractivity contribution in [3.8, 4) is 11.3 Å². The molecule has 0 bridgehead atoms. The van der Waals surface area contributed by atoms with Crippen LogP contribution in [0.25, 0.3) is 16.9 Å². The third-order valence-electron chi connectivity index (χ3n) is 5.14. The van der Waals surface area contributed by atoms with E-state index in [2.05, 4.69) is 10.3 Å². The number of nitrogens with one attached hydrogen (secondary N) is 1. The smallest absolute Gasteiger partial charge is 0.326 e. The number of carbonyl (C=O) groups is 1. The van der Waals surface area contributed by atoms with Gasteiger partial charge in [0, 0.05) is 24.4 Å². The molecule has 1 aliphatic heterocycles. The topological polar surface area (TPSA) is 98.8 Å². The molecule has 3 N–H and O–H groups in total. The first-order valence-electron chi connectivity index (χ1n) is 10.1. The number of aliphatic hydroxyl groups excluding tert-OH is 1. The summed E-state index contributed by atoms with van der Waals surface area (Å²) < 4.78 is 62.3. The molecule has 1 unspecified atom stereocenters. The number of hydrogen-bond donors (Lipinski definition) is 3. The van der Waals surface area contributed by atoms with Crippen molar-refractivity contribution in [1.29, 1.82) is 0 Å². The molecule has 4 rings (SSSR count). The Morgan fingerprint density at radius 3 is 2.41 bits per heavy atom. The quantitative estimate of drug-likeness (QED) is 0.477. The lowest BCUT2D eigenvalue weighted by Crippen LogP contribution is -2.42. The number of urea groups is 1. The van der Waals surface area contributed by atoms with Crippen LogP contribution in [0.5, 0.6) is 0 Å². The minimum absolute atomic E-state index is 0.0921. The van der Waals surface area contributed by atoms with E-state index in [1.54, 1.807) is 0 Å². The summed E-state index contributed by atoms with van der Waals surface area (Å²) in [4.78, 5) is 17.2. The van der Waals surface area contributed by atoms with Gasteiger partial charge in [-0.3, -0.25) is 4.90 Å². The summed E-state index contributed by atoms with van der Waals surface area (Å²) in [5, 5.41) is 23.0. The lowest BCUT2D eigenvalue weighted by molar-refractivity contribution is -0.0617. The standard InChI is InChI=1S/C23H19F4N3O4/c1-23(2,33)20(31)21-29-17(19(34-21)13-7-6-12(24)8-16(13)27)11-9-28-22(32)30(10-11)18-14(25)4-3-5-15(18)26/h3-8,10,20,31,33H,9H2,1-2H3,(H,28,32). The first kappa shape index (κ1) is 23.5. The normalized spacial score (nSPS) is 15.2. The van der Waals surface area contributed by atoms with Gasteiger partial charge >= 0.3 is 6.03 Å². The monoisotopic (exact) mass is 477 g/mol. The summed E-state index contributed by atoms with van der Waals surface area (Å²) in [6.07, 6.45) is -0.536. The highest BCUT2D eigenvalue weighted by atomic mass is 19.1. The van der Waals surface area contributed by atoms with E-state index in [-0.39, 0.29) is 35.0 Å². The third-order valence-corrected chi connectivity index (χ3v) is 5.14. The predicted molar refractivity (Wildman–Crippen MR) is 113 cm³/mol. The number of para-hydroxylation sites is 1. The number of amides is 2. The van der Waals surface area contributed by atoms with Gasteiger partial charge in [0.15, 0.2) is 11.9 Å². The number of halogens is 4. The second kappa shape index (κ2) is 8.58. The van der Waals surface area contributed by atoms with E-state index in [4.69, 9.17) is 4.42 Å². The molecular weight excluding hydrogens is 458 g/mol. The van der Waals surface area contributed by atoms with Crippen LogP contribution in [0.15, 0.2) is 47.0 Å². The summed E-state index contributed by atoms with van der Waals surface area (Å²) in [6.45, 7) is 2.40. The molecule has 2 aromatic carbocycles. The second-order valence-electron chi connectivity index (χ2n) is 8.16. The maximum atomic E-state index is 14.6. The Hall–Kier alpha value is -3.70. The molecule has 0 aliphatic carbocycles. The first-order valence-corrected chi connectivity index (χ1v) is 10.1. The van der Waals surface area contributed by atoms with E-state index in [9.17, 15) is 32.6 Å². The minimum Gasteiger partial charge on any atom is -0.437 e. The Bertz CT molecular complexity index is 1280. The van der Waals surface area contributed by atoms with E-state index in [0.717, 1.165) is 36.5 Å². The number of nitrogens with zero attached hydrogens (tertiary/aromatic N) is 2. The highest BCUT2D eigenvalue weighted by molar-refractivity contribution is 5.99. The van der Waals surface area contributed by atoms with Crippen LogP contribution in [0.2, 0.25) is 0 Å². The molecule has 7 nitrogen and oxygen atoms in total. The first-order chi connectivity index (χ1) is 16.0. The zero-order chi connectivity index (χ0) is 24.8. The van der Waals surface area contributed by atoms with E-state index in [1.807, 2.05) is 0 Å². The number of aliphatic hydroxyl groups is 2. The van der Waals surface area contributed by atoms with Crippen molar-refractivity contribution in [3.05, 3.63) is 77.5 Å². The fourth-order valence-corrected chi connectivity index (χ4v) is 3.38. The van der Waals surface area contributed by atoms with Crippen LogP contribution in [0, 0.1) is 23.3 Å². The van der Waals surface area contributed by atoms with Gasteiger partial charge in [0.1, 0.15) is 34.7 Å². The van der Waals surface area contributed by atoms with Gasteiger partial charge in [0.05, 0.1) is 11.2 Å². The van der Waals surface area contributed by atoms with Crippen LogP contribution in [0.3, 0.4) is 0 Å². The van der Waals surface area contributed by atoms with Crippen molar-refractivity contribution in [2.24, 2.45) is 0 Å². The van der Waals surface area contributed by atoms with Gasteiger partial charge in [-0.25, -0.2) is 27.3 Å². The average molecular weight is 477 g/mol. The second-order valence-corrected chi connectivity index (χ2v) is 8.16. The molecule has 2 amide bonds. The number of oxazole rings is 1. The lowest BCUT2D eigenvalue weighted by Gasteiger charge is -2.26. The minimum atomic E-state index is -1.70. The molecule has 0 spiro atoms. The Morgan fingerprint density at radius 2 is 1.79 bits per heavy atom. The molecule has 0 radical (unpaired) electrons. The Balaban J connectivity index is 1.90. The molecular formula is C23H19F4N3O4. The zero-order valence-corrected chi connectivity index (χ0v) is 17.9. The fourth-order valence-electron chi connectivity index (χ4n) is 3.38. The molecule has 2 heterocycles. The van der Waals surface area contributed by atoms with Crippen LogP contribution >= 0.6 is 0 Å². The van der Waals surface area contributed by atoms with Crippen LogP contribution < -0.4 is 10.2 Å². The molecule has 1 aromatic heterocycles. The number of benzene rings is 2. The summed E-state index contributed by atoms with van der Waals surface area (Å²) in [5.74, 6) is -4.48. The fraction of sp³-hybridized carbons (Fsp3) is 0.217. The van der Waals surface area contributed by atoms with Gasteiger partial charge in [0.2, 0.25) is 5.89 Å². The number of hydrogen-bond acceptors (Lipinski definition) is 5. The largest absolute Gasteiger partial charge is 0.437 e. The highest BCUT2D eigenvalue weighted by Gasteiger charge is 2.34. The summed E-state index contributed by atoms with van der Waals surface area (Å²) in [5.41, 5.74) is -2.52. The Kier molecular flexibility index (Phi) is 5.92. The third kappa shape index (κ3) is 4.27. The summed E-state index contributed by atoms with van der Waals surface area (Å²) in [7, 11) is 0. The average Bonchev–Trinajstić information content (AvgIpc) is 3.18. The SMILES string of the molecule is CC(C)(O)C(O)c1nc(C2=CN(c3c(F)cccc3F)C(=O)NC2)c(-c2ccc(F)cc2F)o1. The van der Waals surface area contributed by atoms with Crippen LogP contribution in [-0.4, -0.2) is 33.4 Å². The van der Waals surface area contributed by atoms with Crippen molar-refractivity contribution >= 4 is 17.3 Å². The molecule has 3 aromatic rings. The van der Waals surface area contributed by atoms with Crippen LogP contribution in [0.1, 0.15) is 31.5 Å². The Labute approximate surface area is 191 Å². The molecule has 0 saturated carbocycles. The van der Waals surface area contributed by atoms with Gasteiger partial charge in [-0.15, -0.1) is 0 Å². The van der Waals surface area contributed by atoms with Crippen molar-refractivity contribution < 1.29 is 37.0 Å². The lowest BCUT2D eigenvalue weighted by atomic mass is 10.0. The van der Waals surface area contributed by atoms with Crippen LogP contribution in [-0.2, 0) is 0 Å². The van der Waals surface area contributed by atoms with Gasteiger partial charge in [-0.2, -0.15) is 0 Å². The van der Waals surface area contributed by atoms with Gasteiger partial charge in [-0.05, 0) is 38.1 Å². The maximum absolute atomic E-state index is 14.6. The summed E-state index contributed by atoms with van der Waals surface area (Å²) >= 11 is 0. The van der Waals surface area contributed by atoms with Crippen molar-refractivity contribution in [1.82, 2.24) is 10.3 Å². The number of carbonyl (C=O) groups excluding carboxylic acids is 1. The van der Waals surface area contributed by atoms with E-state index < -0.39 is 46.7 Å². The summed E-state index contributed by atoms with van der Waals surface area (Å²) in [6, 6.07) is 4.94. The highest BCUT2D eigenvalue weighted by Crippen LogP contribution is 2.37. The molecule has 1 atom stereocenters. The molecule has 1 aliphatic rings. The molecule has 0 fully saturated rings. The van der Waals surface area contributed by atoms with Gasteiger partial charge in [-0.1, -0.05) is 6.07 Å². The van der Waals surface area contributed by atoms with Crippen molar-refractivity contribution in [2.75, 3.05) is 11.4 Å². The van der Waals surface area contributed by atoms with E-state index in [0.29, 0.717) is 11.0 Å². The maximum Gasteiger partial charge on any atom is 0.326 e.